The first kappa shape index (κ1) is 33.1. The molecule has 7 nitrogen and oxygen atoms in total. The van der Waals surface area contributed by atoms with Crippen molar-refractivity contribution in [3.63, 3.8) is 0 Å². The Morgan fingerprint density at radius 3 is 1.93 bits per heavy atom. The van der Waals surface area contributed by atoms with Crippen molar-refractivity contribution in [2.75, 3.05) is 17.4 Å². The molecule has 1 N–H and O–H groups in total. The van der Waals surface area contributed by atoms with Crippen LogP contribution in [0.4, 0.5) is 5.69 Å². The highest BCUT2D eigenvalue weighted by atomic mass is 35.5. The van der Waals surface area contributed by atoms with Crippen molar-refractivity contribution >= 4 is 50.7 Å². The molecule has 0 bridgehead atoms. The minimum Gasteiger partial charge on any atom is -0.355 e. The summed E-state index contributed by atoms with van der Waals surface area (Å²) in [7, 11) is -4.17. The zero-order valence-corrected chi connectivity index (χ0v) is 26.9. The summed E-state index contributed by atoms with van der Waals surface area (Å²) in [5.41, 5.74) is 2.63. The molecule has 4 aromatic carbocycles. The molecule has 0 saturated carbocycles. The summed E-state index contributed by atoms with van der Waals surface area (Å²) in [6.45, 7) is 3.47. The predicted octanol–water partition coefficient (Wildman–Crippen LogP) is 6.53. The first-order valence-corrected chi connectivity index (χ1v) is 16.6. The largest absolute Gasteiger partial charge is 0.355 e. The quantitative estimate of drug-likeness (QED) is 0.178. The van der Waals surface area contributed by atoms with Gasteiger partial charge in [-0.25, -0.2) is 8.42 Å². The van der Waals surface area contributed by atoms with Gasteiger partial charge in [0.1, 0.15) is 12.6 Å². The standard InChI is InChI=1S/C34H35Cl2N3O4S/c1-3-25-18-20-27(21-19-25)39(44(42,43)28-14-9-6-10-15-28)24-33(40)38(23-29-30(35)16-11-17-31(29)36)32(34(41)37-4-2)22-26-12-7-5-8-13-26/h5-21,32H,3-4,22-24H2,1-2H3,(H,37,41). The Morgan fingerprint density at radius 2 is 1.36 bits per heavy atom. The van der Waals surface area contributed by atoms with Crippen molar-refractivity contribution in [1.29, 1.82) is 0 Å². The van der Waals surface area contributed by atoms with E-state index in [9.17, 15) is 18.0 Å². The Morgan fingerprint density at radius 1 is 0.773 bits per heavy atom. The zero-order chi connectivity index (χ0) is 31.7. The van der Waals surface area contributed by atoms with E-state index in [0.29, 0.717) is 27.8 Å². The Kier molecular flexibility index (Phi) is 11.4. The molecule has 0 spiro atoms. The highest BCUT2D eigenvalue weighted by Gasteiger charge is 2.35. The zero-order valence-electron chi connectivity index (χ0n) is 24.6. The topological polar surface area (TPSA) is 86.8 Å². The van der Waals surface area contributed by atoms with Crippen LogP contribution >= 0.6 is 23.2 Å². The summed E-state index contributed by atoms with van der Waals surface area (Å²) in [4.78, 5) is 29.5. The average molecular weight is 653 g/mol. The molecule has 0 heterocycles. The first-order valence-electron chi connectivity index (χ1n) is 14.4. The number of carbonyl (C=O) groups excluding carboxylic acids is 2. The van der Waals surface area contributed by atoms with Crippen molar-refractivity contribution < 1.29 is 18.0 Å². The van der Waals surface area contributed by atoms with E-state index in [4.69, 9.17) is 23.2 Å². The van der Waals surface area contributed by atoms with Gasteiger partial charge < -0.3 is 10.2 Å². The summed E-state index contributed by atoms with van der Waals surface area (Å²) < 4.78 is 29.2. The second-order valence-electron chi connectivity index (χ2n) is 10.2. The van der Waals surface area contributed by atoms with Crippen LogP contribution in [0.15, 0.2) is 108 Å². The number of nitrogens with one attached hydrogen (secondary N) is 1. The van der Waals surface area contributed by atoms with Gasteiger partial charge in [-0.2, -0.15) is 0 Å². The van der Waals surface area contributed by atoms with Gasteiger partial charge in [0.15, 0.2) is 0 Å². The minimum absolute atomic E-state index is 0.0395. The maximum absolute atomic E-state index is 14.4. The Bertz CT molecular complexity index is 1650. The fourth-order valence-corrected chi connectivity index (χ4v) is 6.80. The molecule has 230 valence electrons. The lowest BCUT2D eigenvalue weighted by Gasteiger charge is -2.34. The number of anilines is 1. The van der Waals surface area contributed by atoms with Crippen molar-refractivity contribution in [3.05, 3.63) is 130 Å². The van der Waals surface area contributed by atoms with E-state index in [-0.39, 0.29) is 23.8 Å². The van der Waals surface area contributed by atoms with E-state index in [1.807, 2.05) is 49.4 Å². The van der Waals surface area contributed by atoms with E-state index in [1.165, 1.54) is 17.0 Å². The maximum Gasteiger partial charge on any atom is 0.264 e. The van der Waals surface area contributed by atoms with E-state index >= 15 is 0 Å². The van der Waals surface area contributed by atoms with Crippen molar-refractivity contribution in [3.8, 4) is 0 Å². The number of sulfonamides is 1. The van der Waals surface area contributed by atoms with Crippen LogP contribution in [0, 0.1) is 0 Å². The van der Waals surface area contributed by atoms with Crippen LogP contribution < -0.4 is 9.62 Å². The third kappa shape index (κ3) is 8.00. The molecule has 0 radical (unpaired) electrons. The number of halogens is 2. The number of hydrogen-bond acceptors (Lipinski definition) is 4. The van der Waals surface area contributed by atoms with Crippen molar-refractivity contribution in [2.45, 2.75) is 44.2 Å². The molecule has 0 aliphatic heterocycles. The minimum atomic E-state index is -4.17. The maximum atomic E-state index is 14.4. The van der Waals surface area contributed by atoms with E-state index < -0.39 is 28.5 Å². The molecule has 44 heavy (non-hydrogen) atoms. The summed E-state index contributed by atoms with van der Waals surface area (Å²) >= 11 is 13.1. The molecular formula is C34H35Cl2N3O4S. The molecule has 0 aliphatic carbocycles. The highest BCUT2D eigenvalue weighted by Crippen LogP contribution is 2.29. The highest BCUT2D eigenvalue weighted by molar-refractivity contribution is 7.92. The normalized spacial score (nSPS) is 11.9. The Hall–Kier alpha value is -3.85. The molecule has 0 saturated heterocycles. The van der Waals surface area contributed by atoms with Gasteiger partial charge in [0, 0.05) is 35.1 Å². The second kappa shape index (κ2) is 15.2. The predicted molar refractivity (Wildman–Crippen MR) is 176 cm³/mol. The van der Waals surface area contributed by atoms with Gasteiger partial charge in [-0.3, -0.25) is 13.9 Å². The number of nitrogens with zero attached hydrogens (tertiary/aromatic N) is 2. The van der Waals surface area contributed by atoms with Crippen molar-refractivity contribution in [1.82, 2.24) is 10.2 Å². The van der Waals surface area contributed by atoms with Crippen LogP contribution in [0.5, 0.6) is 0 Å². The molecule has 1 unspecified atom stereocenters. The van der Waals surface area contributed by atoms with E-state index in [0.717, 1.165) is 21.9 Å². The number of amides is 2. The number of carbonyl (C=O) groups is 2. The molecule has 4 rings (SSSR count). The van der Waals surface area contributed by atoms with Crippen LogP contribution in [0.3, 0.4) is 0 Å². The van der Waals surface area contributed by atoms with Crippen LogP contribution in [0.1, 0.15) is 30.5 Å². The monoisotopic (exact) mass is 651 g/mol. The third-order valence-electron chi connectivity index (χ3n) is 7.25. The van der Waals surface area contributed by atoms with Gasteiger partial charge in [0.2, 0.25) is 11.8 Å². The number of benzene rings is 4. The molecule has 10 heteroatoms. The van der Waals surface area contributed by atoms with Gasteiger partial charge in [0.25, 0.3) is 10.0 Å². The number of rotatable bonds is 13. The summed E-state index contributed by atoms with van der Waals surface area (Å²) in [5, 5.41) is 3.49. The Labute approximate surface area is 269 Å². The van der Waals surface area contributed by atoms with Gasteiger partial charge in [-0.1, -0.05) is 96.9 Å². The van der Waals surface area contributed by atoms with Crippen LogP contribution in [0.25, 0.3) is 0 Å². The SMILES string of the molecule is CCNC(=O)C(Cc1ccccc1)N(Cc1c(Cl)cccc1Cl)C(=O)CN(c1ccc(CC)cc1)S(=O)(=O)c1ccccc1. The lowest BCUT2D eigenvalue weighted by molar-refractivity contribution is -0.140. The number of aryl methyl sites for hydroxylation is 1. The van der Waals surface area contributed by atoms with Gasteiger partial charge >= 0.3 is 0 Å². The fourth-order valence-electron chi connectivity index (χ4n) is 4.85. The number of hydrogen-bond donors (Lipinski definition) is 1. The van der Waals surface area contributed by atoms with Crippen LogP contribution in [0.2, 0.25) is 10.0 Å². The lowest BCUT2D eigenvalue weighted by atomic mass is 10.0. The molecule has 2 amide bonds. The molecule has 1 atom stereocenters. The number of likely N-dealkylation sites (N-methyl/N-ethyl adjacent to an activating group) is 1. The molecule has 0 aliphatic rings. The summed E-state index contributed by atoms with van der Waals surface area (Å²) in [5.74, 6) is -0.968. The molecule has 0 fully saturated rings. The van der Waals surface area contributed by atoms with E-state index in [2.05, 4.69) is 5.32 Å². The fraction of sp³-hybridized carbons (Fsp3) is 0.235. The lowest BCUT2D eigenvalue weighted by Crippen LogP contribution is -2.53. The van der Waals surface area contributed by atoms with Gasteiger partial charge in [0.05, 0.1) is 10.6 Å². The van der Waals surface area contributed by atoms with Gasteiger partial charge in [-0.05, 0) is 60.9 Å². The second-order valence-corrected chi connectivity index (χ2v) is 12.8. The molecular weight excluding hydrogens is 617 g/mol. The van der Waals surface area contributed by atoms with E-state index in [1.54, 1.807) is 55.5 Å². The van der Waals surface area contributed by atoms with Crippen LogP contribution in [-0.2, 0) is 39.0 Å². The first-order chi connectivity index (χ1) is 21.1. The van der Waals surface area contributed by atoms with Crippen LogP contribution in [-0.4, -0.2) is 44.3 Å². The summed E-state index contributed by atoms with van der Waals surface area (Å²) in [6, 6.07) is 28.4. The van der Waals surface area contributed by atoms with Gasteiger partial charge in [-0.15, -0.1) is 0 Å². The third-order valence-corrected chi connectivity index (χ3v) is 9.75. The average Bonchev–Trinajstić information content (AvgIpc) is 3.03. The molecule has 0 aromatic heterocycles. The summed E-state index contributed by atoms with van der Waals surface area (Å²) in [6.07, 6.45) is 0.960. The smallest absolute Gasteiger partial charge is 0.264 e. The van der Waals surface area contributed by atoms with Crippen molar-refractivity contribution in [2.24, 2.45) is 0 Å². The Balaban J connectivity index is 1.82. The molecule has 4 aromatic rings.